The second-order valence-corrected chi connectivity index (χ2v) is 6.80. The van der Waals surface area contributed by atoms with E-state index in [-0.39, 0.29) is 6.42 Å². The summed E-state index contributed by atoms with van der Waals surface area (Å²) in [6, 6.07) is 0. The summed E-state index contributed by atoms with van der Waals surface area (Å²) in [5, 5.41) is 9.82. The molecule has 112 valence electrons. The summed E-state index contributed by atoms with van der Waals surface area (Å²) in [5.41, 5.74) is -1.84. The van der Waals surface area contributed by atoms with Crippen molar-refractivity contribution >= 4 is 22.0 Å². The molecule has 7 nitrogen and oxygen atoms in total. The maximum Gasteiger partial charge on any atom is 0.405 e. The first-order valence-corrected chi connectivity index (χ1v) is 7.32. The first-order valence-electron chi connectivity index (χ1n) is 5.77. The second-order valence-electron chi connectivity index (χ2n) is 4.84. The molecule has 2 fully saturated rings. The Balaban J connectivity index is 2.14. The largest absolute Gasteiger partial charge is 0.465 e. The molecule has 2 aliphatic carbocycles. The Morgan fingerprint density at radius 2 is 1.90 bits per heavy atom. The summed E-state index contributed by atoms with van der Waals surface area (Å²) in [6.45, 7) is 0. The fourth-order valence-corrected chi connectivity index (χ4v) is 3.34. The van der Waals surface area contributed by atoms with Crippen LogP contribution in [0.1, 0.15) is 19.3 Å². The lowest BCUT2D eigenvalue weighted by Gasteiger charge is -2.16. The molecule has 2 saturated carbocycles. The van der Waals surface area contributed by atoms with Crippen molar-refractivity contribution in [1.29, 1.82) is 0 Å². The van der Waals surface area contributed by atoms with Gasteiger partial charge in [0.05, 0.1) is 5.25 Å². The zero-order valence-corrected chi connectivity index (χ0v) is 10.9. The van der Waals surface area contributed by atoms with Crippen molar-refractivity contribution in [2.24, 2.45) is 5.92 Å². The van der Waals surface area contributed by atoms with Crippen molar-refractivity contribution in [3.05, 3.63) is 12.2 Å². The quantitative estimate of drug-likeness (QED) is 0.680. The summed E-state index contributed by atoms with van der Waals surface area (Å²) < 4.78 is 49.4. The molecule has 0 heterocycles. The van der Waals surface area contributed by atoms with Crippen LogP contribution in [0.5, 0.6) is 0 Å². The van der Waals surface area contributed by atoms with Crippen molar-refractivity contribution in [3.8, 4) is 0 Å². The maximum atomic E-state index is 12.2. The lowest BCUT2D eigenvalue weighted by atomic mass is 10.2. The number of rotatable bonds is 5. The Morgan fingerprint density at radius 1 is 1.30 bits per heavy atom. The third-order valence-corrected chi connectivity index (χ3v) is 5.09. The highest BCUT2D eigenvalue weighted by Gasteiger charge is 2.62. The molecule has 2 atom stereocenters. The van der Waals surface area contributed by atoms with Crippen LogP contribution >= 0.6 is 0 Å². The third-order valence-electron chi connectivity index (χ3n) is 3.28. The van der Waals surface area contributed by atoms with Crippen molar-refractivity contribution in [3.63, 3.8) is 0 Å². The molecule has 2 amide bonds. The molecule has 2 aliphatic rings. The molecule has 0 bridgehead atoms. The van der Waals surface area contributed by atoms with E-state index in [9.17, 15) is 26.8 Å². The molecule has 3 N–H and O–H groups in total. The van der Waals surface area contributed by atoms with Crippen molar-refractivity contribution in [1.82, 2.24) is 10.0 Å². The number of amides is 2. The molecular weight excluding hydrogens is 298 g/mol. The van der Waals surface area contributed by atoms with E-state index in [2.05, 4.69) is 0 Å². The van der Waals surface area contributed by atoms with Crippen LogP contribution in [0.4, 0.5) is 13.6 Å². The lowest BCUT2D eigenvalue weighted by molar-refractivity contribution is -0.122. The van der Waals surface area contributed by atoms with Gasteiger partial charge in [0.25, 0.3) is 12.0 Å². The van der Waals surface area contributed by atoms with Gasteiger partial charge in [-0.15, -0.1) is 0 Å². The fraction of sp³-hybridized carbons (Fsp3) is 0.600. The highest BCUT2D eigenvalue weighted by molar-refractivity contribution is 7.90. The topological polar surface area (TPSA) is 113 Å². The van der Waals surface area contributed by atoms with Gasteiger partial charge in [0.15, 0.2) is 0 Å². The molecule has 0 saturated heterocycles. The van der Waals surface area contributed by atoms with Gasteiger partial charge >= 0.3 is 6.09 Å². The number of carbonyl (C=O) groups is 2. The van der Waals surface area contributed by atoms with Crippen LogP contribution in [-0.2, 0) is 14.8 Å². The van der Waals surface area contributed by atoms with Crippen LogP contribution in [0, 0.1) is 5.92 Å². The molecule has 20 heavy (non-hydrogen) atoms. The molecule has 2 rings (SSSR count). The SMILES string of the molecule is O=C(O)N[C@]1(C(=O)NS(=O)(=O)C2CC2)C[C@@H]1C=C(F)F. The van der Waals surface area contributed by atoms with Gasteiger partial charge in [-0.3, -0.25) is 9.52 Å². The van der Waals surface area contributed by atoms with Gasteiger partial charge in [-0.25, -0.2) is 13.2 Å². The first kappa shape index (κ1) is 14.7. The van der Waals surface area contributed by atoms with Gasteiger partial charge in [0, 0.05) is 5.92 Å². The number of halogens is 2. The maximum absolute atomic E-state index is 12.2. The Hall–Kier alpha value is -1.71. The van der Waals surface area contributed by atoms with E-state index < -0.39 is 44.8 Å². The molecule has 0 aliphatic heterocycles. The normalized spacial score (nSPS) is 28.4. The predicted octanol–water partition coefficient (Wildman–Crippen LogP) is 0.401. The number of nitrogens with one attached hydrogen (secondary N) is 2. The molecule has 0 unspecified atom stereocenters. The summed E-state index contributed by atoms with van der Waals surface area (Å²) in [4.78, 5) is 22.6. The smallest absolute Gasteiger partial charge is 0.405 e. The van der Waals surface area contributed by atoms with Gasteiger partial charge < -0.3 is 10.4 Å². The summed E-state index contributed by atoms with van der Waals surface area (Å²) in [5.74, 6) is -2.17. The Labute approximate surface area is 113 Å². The highest BCUT2D eigenvalue weighted by atomic mass is 32.2. The van der Waals surface area contributed by atoms with Gasteiger partial charge in [0.2, 0.25) is 10.0 Å². The Morgan fingerprint density at radius 3 is 2.35 bits per heavy atom. The van der Waals surface area contributed by atoms with Crippen LogP contribution in [0.25, 0.3) is 0 Å². The average Bonchev–Trinajstić information content (AvgIpc) is 3.10. The van der Waals surface area contributed by atoms with Crippen molar-refractivity contribution in [2.75, 3.05) is 0 Å². The zero-order valence-electron chi connectivity index (χ0n) is 10.1. The van der Waals surface area contributed by atoms with E-state index >= 15 is 0 Å². The van der Waals surface area contributed by atoms with Crippen LogP contribution < -0.4 is 10.0 Å². The van der Waals surface area contributed by atoms with E-state index in [0.717, 1.165) is 0 Å². The predicted molar refractivity (Wildman–Crippen MR) is 62.4 cm³/mol. The average molecular weight is 310 g/mol. The van der Waals surface area contributed by atoms with Crippen LogP contribution in [0.15, 0.2) is 12.2 Å². The number of carboxylic acid groups (broad SMARTS) is 1. The minimum absolute atomic E-state index is 0.206. The highest BCUT2D eigenvalue weighted by Crippen LogP contribution is 2.46. The standard InChI is InChI=1S/C10H12F2N2O5S/c11-7(12)3-5-4-10(5,13-9(16)17)8(15)14-20(18,19)6-1-2-6/h3,5-6,13H,1-2,4H2,(H,14,15)(H,16,17)/t5-,10+/m0/s1. The molecule has 0 radical (unpaired) electrons. The van der Waals surface area contributed by atoms with E-state index in [4.69, 9.17) is 5.11 Å². The first-order chi connectivity index (χ1) is 9.17. The molecule has 0 aromatic rings. The number of carbonyl (C=O) groups excluding carboxylic acids is 1. The molecule has 0 spiro atoms. The fourth-order valence-electron chi connectivity index (χ4n) is 1.98. The minimum Gasteiger partial charge on any atom is -0.465 e. The van der Waals surface area contributed by atoms with Gasteiger partial charge in [-0.1, -0.05) is 0 Å². The summed E-state index contributed by atoms with van der Waals surface area (Å²) in [7, 11) is -3.86. The van der Waals surface area contributed by atoms with Crippen molar-refractivity contribution < 1.29 is 31.9 Å². The molecule has 0 aromatic heterocycles. The molecular formula is C10H12F2N2O5S. The third kappa shape index (κ3) is 2.89. The second kappa shape index (κ2) is 4.69. The Bertz CT molecular complexity index is 582. The van der Waals surface area contributed by atoms with Crippen LogP contribution in [-0.4, -0.2) is 36.3 Å². The molecule has 10 heteroatoms. The van der Waals surface area contributed by atoms with Gasteiger partial charge in [-0.05, 0) is 25.3 Å². The Kier molecular flexibility index (Phi) is 3.44. The summed E-state index contributed by atoms with van der Waals surface area (Å²) >= 11 is 0. The monoisotopic (exact) mass is 310 g/mol. The summed E-state index contributed by atoms with van der Waals surface area (Å²) in [6.07, 6.45) is -2.56. The number of sulfonamides is 1. The zero-order chi connectivity index (χ0) is 15.1. The van der Waals surface area contributed by atoms with Gasteiger partial charge in [0.1, 0.15) is 5.54 Å². The van der Waals surface area contributed by atoms with Crippen molar-refractivity contribution in [2.45, 2.75) is 30.1 Å². The minimum atomic E-state index is -3.86. The number of hydrogen-bond acceptors (Lipinski definition) is 4. The lowest BCUT2D eigenvalue weighted by Crippen LogP contribution is -2.52. The van der Waals surface area contributed by atoms with E-state index in [1.807, 2.05) is 5.32 Å². The van der Waals surface area contributed by atoms with E-state index in [1.54, 1.807) is 4.72 Å². The van der Waals surface area contributed by atoms with Crippen LogP contribution in [0.3, 0.4) is 0 Å². The molecule has 0 aromatic carbocycles. The van der Waals surface area contributed by atoms with E-state index in [1.165, 1.54) is 0 Å². The number of hydrogen-bond donors (Lipinski definition) is 3. The van der Waals surface area contributed by atoms with E-state index in [0.29, 0.717) is 18.9 Å². The van der Waals surface area contributed by atoms with Gasteiger partial charge in [-0.2, -0.15) is 8.78 Å². The van der Waals surface area contributed by atoms with Crippen LogP contribution in [0.2, 0.25) is 0 Å².